The summed E-state index contributed by atoms with van der Waals surface area (Å²) in [4.78, 5) is 10.9. The zero-order chi connectivity index (χ0) is 13.8. The Labute approximate surface area is 113 Å². The molecule has 0 saturated carbocycles. The highest BCUT2D eigenvalue weighted by Gasteiger charge is 2.16. The summed E-state index contributed by atoms with van der Waals surface area (Å²) >= 11 is 2.92. The number of likely N-dealkylation sites (N-methyl/N-ethyl adjacent to an activating group) is 1. The molecule has 0 atom stereocenters. The van der Waals surface area contributed by atoms with E-state index in [1.165, 1.54) is 12.1 Å². The Morgan fingerprint density at radius 2 is 2.11 bits per heavy atom. The van der Waals surface area contributed by atoms with E-state index in [1.807, 2.05) is 0 Å². The van der Waals surface area contributed by atoms with Crippen molar-refractivity contribution in [1.29, 1.82) is 0 Å². The predicted molar refractivity (Wildman–Crippen MR) is 68.0 cm³/mol. The Bertz CT molecular complexity index is 548. The molecule has 18 heavy (non-hydrogen) atoms. The van der Waals surface area contributed by atoms with Gasteiger partial charge in [-0.05, 0) is 41.1 Å². The van der Waals surface area contributed by atoms with Crippen LogP contribution in [0.4, 0.5) is 4.39 Å². The summed E-state index contributed by atoms with van der Waals surface area (Å²) in [6, 6.07) is 3.41. The number of carbonyl (C=O) groups is 1. The van der Waals surface area contributed by atoms with Gasteiger partial charge in [0, 0.05) is 6.54 Å². The fourth-order valence-electron chi connectivity index (χ4n) is 1.15. The molecule has 1 amide bonds. The van der Waals surface area contributed by atoms with E-state index in [4.69, 9.17) is 0 Å². The van der Waals surface area contributed by atoms with Crippen molar-refractivity contribution in [2.45, 2.75) is 11.8 Å². The SMILES string of the molecule is CCNC(=O)CNS(=O)(=O)c1ccc(Br)c(F)c1. The lowest BCUT2D eigenvalue weighted by Crippen LogP contribution is -2.36. The topological polar surface area (TPSA) is 75.3 Å². The van der Waals surface area contributed by atoms with Gasteiger partial charge in [-0.1, -0.05) is 0 Å². The lowest BCUT2D eigenvalue weighted by molar-refractivity contribution is -0.119. The Morgan fingerprint density at radius 1 is 1.44 bits per heavy atom. The Balaban J connectivity index is 2.80. The highest BCUT2D eigenvalue weighted by Crippen LogP contribution is 2.19. The highest BCUT2D eigenvalue weighted by molar-refractivity contribution is 9.10. The molecule has 0 unspecified atom stereocenters. The van der Waals surface area contributed by atoms with Crippen molar-refractivity contribution in [3.05, 3.63) is 28.5 Å². The molecule has 0 aliphatic rings. The van der Waals surface area contributed by atoms with E-state index >= 15 is 0 Å². The fraction of sp³-hybridized carbons (Fsp3) is 0.300. The average molecular weight is 339 g/mol. The summed E-state index contributed by atoms with van der Waals surface area (Å²) in [5.41, 5.74) is 0. The number of amides is 1. The summed E-state index contributed by atoms with van der Waals surface area (Å²) in [6.45, 7) is 1.75. The molecule has 0 heterocycles. The zero-order valence-corrected chi connectivity index (χ0v) is 11.9. The summed E-state index contributed by atoms with van der Waals surface area (Å²) in [6.07, 6.45) is 0. The van der Waals surface area contributed by atoms with E-state index in [1.54, 1.807) is 6.92 Å². The minimum absolute atomic E-state index is 0.171. The van der Waals surface area contributed by atoms with Crippen LogP contribution in [-0.4, -0.2) is 27.4 Å². The lowest BCUT2D eigenvalue weighted by atomic mass is 10.3. The minimum Gasteiger partial charge on any atom is -0.355 e. The third-order valence-corrected chi connectivity index (χ3v) is 4.04. The van der Waals surface area contributed by atoms with Gasteiger partial charge >= 0.3 is 0 Å². The van der Waals surface area contributed by atoms with Gasteiger partial charge in [0.1, 0.15) is 5.82 Å². The average Bonchev–Trinajstić information content (AvgIpc) is 2.30. The van der Waals surface area contributed by atoms with Gasteiger partial charge < -0.3 is 5.32 Å². The van der Waals surface area contributed by atoms with E-state index in [9.17, 15) is 17.6 Å². The lowest BCUT2D eigenvalue weighted by Gasteiger charge is -2.07. The van der Waals surface area contributed by atoms with Gasteiger partial charge in [0.05, 0.1) is 15.9 Å². The maximum absolute atomic E-state index is 13.2. The highest BCUT2D eigenvalue weighted by atomic mass is 79.9. The van der Waals surface area contributed by atoms with E-state index in [0.717, 1.165) is 6.07 Å². The monoisotopic (exact) mass is 338 g/mol. The number of benzene rings is 1. The zero-order valence-electron chi connectivity index (χ0n) is 9.54. The molecule has 0 bridgehead atoms. The second-order valence-corrected chi connectivity index (χ2v) is 5.98. The van der Waals surface area contributed by atoms with Crippen LogP contribution in [0, 0.1) is 5.82 Å². The molecule has 0 saturated heterocycles. The van der Waals surface area contributed by atoms with Crippen LogP contribution in [0.1, 0.15) is 6.92 Å². The molecule has 0 aliphatic heterocycles. The summed E-state index contributed by atoms with van der Waals surface area (Å²) in [7, 11) is -3.88. The van der Waals surface area contributed by atoms with E-state index < -0.39 is 21.7 Å². The predicted octanol–water partition coefficient (Wildman–Crippen LogP) is 1.00. The molecule has 5 nitrogen and oxygen atoms in total. The first kappa shape index (κ1) is 15.1. The van der Waals surface area contributed by atoms with Gasteiger partial charge in [-0.2, -0.15) is 0 Å². The van der Waals surface area contributed by atoms with Gasteiger partial charge in [-0.3, -0.25) is 4.79 Å². The second kappa shape index (κ2) is 6.26. The molecule has 0 radical (unpaired) electrons. The number of sulfonamides is 1. The van der Waals surface area contributed by atoms with Gasteiger partial charge in [0.25, 0.3) is 0 Å². The summed E-state index contributed by atoms with van der Waals surface area (Å²) in [5.74, 6) is -1.13. The number of halogens is 2. The number of rotatable bonds is 5. The number of hydrogen-bond acceptors (Lipinski definition) is 3. The van der Waals surface area contributed by atoms with Crippen LogP contribution < -0.4 is 10.0 Å². The first-order valence-corrected chi connectivity index (χ1v) is 7.36. The van der Waals surface area contributed by atoms with Gasteiger partial charge in [0.15, 0.2) is 0 Å². The minimum atomic E-state index is -3.88. The van der Waals surface area contributed by atoms with Gasteiger partial charge in [-0.15, -0.1) is 0 Å². The van der Waals surface area contributed by atoms with Gasteiger partial charge in [-0.25, -0.2) is 17.5 Å². The molecule has 1 aromatic rings. The molecule has 0 aromatic heterocycles. The molecule has 0 aliphatic carbocycles. The molecule has 100 valence electrons. The Kier molecular flexibility index (Phi) is 5.24. The largest absolute Gasteiger partial charge is 0.355 e. The van der Waals surface area contributed by atoms with Crippen molar-refractivity contribution in [2.75, 3.05) is 13.1 Å². The van der Waals surface area contributed by atoms with Crippen LogP contribution in [0.15, 0.2) is 27.6 Å². The number of hydrogen-bond donors (Lipinski definition) is 2. The number of nitrogens with one attached hydrogen (secondary N) is 2. The van der Waals surface area contributed by atoms with E-state index in [-0.39, 0.29) is 15.9 Å². The third-order valence-electron chi connectivity index (χ3n) is 2.00. The summed E-state index contributed by atoms with van der Waals surface area (Å²) < 4.78 is 38.9. The molecule has 1 rings (SSSR count). The second-order valence-electron chi connectivity index (χ2n) is 3.35. The molecular weight excluding hydrogens is 327 g/mol. The first-order chi connectivity index (χ1) is 8.36. The van der Waals surface area contributed by atoms with Crippen molar-refractivity contribution in [1.82, 2.24) is 10.0 Å². The van der Waals surface area contributed by atoms with Crippen LogP contribution in [0.5, 0.6) is 0 Å². The molecule has 0 spiro atoms. The van der Waals surface area contributed by atoms with Crippen molar-refractivity contribution in [3.63, 3.8) is 0 Å². The third kappa shape index (κ3) is 4.04. The van der Waals surface area contributed by atoms with Crippen LogP contribution in [0.3, 0.4) is 0 Å². The van der Waals surface area contributed by atoms with Crippen LogP contribution >= 0.6 is 15.9 Å². The van der Waals surface area contributed by atoms with Crippen molar-refractivity contribution in [2.24, 2.45) is 0 Å². The van der Waals surface area contributed by atoms with Crippen LogP contribution in [0.2, 0.25) is 0 Å². The maximum Gasteiger partial charge on any atom is 0.241 e. The molecule has 8 heteroatoms. The Hall–Kier alpha value is -0.990. The maximum atomic E-state index is 13.2. The van der Waals surface area contributed by atoms with Crippen molar-refractivity contribution in [3.8, 4) is 0 Å². The van der Waals surface area contributed by atoms with Crippen molar-refractivity contribution < 1.29 is 17.6 Å². The van der Waals surface area contributed by atoms with Crippen molar-refractivity contribution >= 4 is 31.9 Å². The van der Waals surface area contributed by atoms with Crippen LogP contribution in [0.25, 0.3) is 0 Å². The normalized spacial score (nSPS) is 11.3. The molecule has 0 fully saturated rings. The fourth-order valence-corrected chi connectivity index (χ4v) is 2.39. The molecule has 2 N–H and O–H groups in total. The van der Waals surface area contributed by atoms with E-state index in [0.29, 0.717) is 6.54 Å². The molecule has 1 aromatic carbocycles. The first-order valence-electron chi connectivity index (χ1n) is 5.08. The van der Waals surface area contributed by atoms with Crippen LogP contribution in [-0.2, 0) is 14.8 Å². The Morgan fingerprint density at radius 3 is 2.67 bits per heavy atom. The quantitative estimate of drug-likeness (QED) is 0.841. The summed E-state index contributed by atoms with van der Waals surface area (Å²) in [5, 5.41) is 2.44. The smallest absolute Gasteiger partial charge is 0.241 e. The van der Waals surface area contributed by atoms with E-state index in [2.05, 4.69) is 26.0 Å². The molecular formula is C10H12BrFN2O3S. The van der Waals surface area contributed by atoms with Gasteiger partial charge in [0.2, 0.25) is 15.9 Å². The number of carbonyl (C=O) groups excluding carboxylic acids is 1. The standard InChI is InChI=1S/C10H12BrFN2O3S/c1-2-13-10(15)6-14-18(16,17)7-3-4-8(11)9(12)5-7/h3-5,14H,2,6H2,1H3,(H,13,15).